The second-order valence-electron chi connectivity index (χ2n) is 7.03. The smallest absolute Gasteiger partial charge is 0.319 e. The van der Waals surface area contributed by atoms with Crippen LogP contribution >= 0.6 is 11.6 Å². The lowest BCUT2D eigenvalue weighted by molar-refractivity contribution is 0.252. The van der Waals surface area contributed by atoms with Crippen LogP contribution in [-0.4, -0.2) is 39.9 Å². The molecule has 0 bridgehead atoms. The molecule has 0 unspecified atom stereocenters. The summed E-state index contributed by atoms with van der Waals surface area (Å²) in [7, 11) is 3.21. The summed E-state index contributed by atoms with van der Waals surface area (Å²) in [5.74, 6) is 1.37. The zero-order valence-corrected chi connectivity index (χ0v) is 17.7. The predicted molar refractivity (Wildman–Crippen MR) is 118 cm³/mol. The molecule has 0 radical (unpaired) electrons. The van der Waals surface area contributed by atoms with Gasteiger partial charge in [-0.2, -0.15) is 0 Å². The summed E-state index contributed by atoms with van der Waals surface area (Å²) in [6.07, 6.45) is 4.34. The summed E-state index contributed by atoms with van der Waals surface area (Å²) in [4.78, 5) is 14.5. The first-order valence-corrected chi connectivity index (χ1v) is 10.3. The molecule has 6 nitrogen and oxygen atoms in total. The highest BCUT2D eigenvalue weighted by Crippen LogP contribution is 2.31. The third kappa shape index (κ3) is 5.70. The molecule has 7 heteroatoms. The van der Waals surface area contributed by atoms with Crippen LogP contribution in [0.4, 0.5) is 16.2 Å². The number of amides is 2. The van der Waals surface area contributed by atoms with Crippen LogP contribution in [-0.2, 0) is 6.42 Å². The first-order valence-electron chi connectivity index (χ1n) is 9.91. The number of methoxy groups -OCH3 is 2. The van der Waals surface area contributed by atoms with Gasteiger partial charge in [0.15, 0.2) is 11.5 Å². The highest BCUT2D eigenvalue weighted by atomic mass is 35.5. The van der Waals surface area contributed by atoms with Gasteiger partial charge in [0.2, 0.25) is 0 Å². The Hall–Kier alpha value is -2.60. The van der Waals surface area contributed by atoms with Gasteiger partial charge in [-0.05, 0) is 61.6 Å². The Labute approximate surface area is 177 Å². The molecule has 3 rings (SSSR count). The van der Waals surface area contributed by atoms with Gasteiger partial charge in [-0.3, -0.25) is 0 Å². The minimum Gasteiger partial charge on any atom is -0.493 e. The van der Waals surface area contributed by atoms with Crippen molar-refractivity contribution in [3.63, 3.8) is 0 Å². The number of hydrogen-bond acceptors (Lipinski definition) is 4. The summed E-state index contributed by atoms with van der Waals surface area (Å²) < 4.78 is 10.5. The van der Waals surface area contributed by atoms with Crippen molar-refractivity contribution in [2.24, 2.45) is 0 Å². The standard InChI is InChI=1S/C22H28ClN3O3/c1-28-20-9-6-16(14-21(20)29-2)10-11-24-22(27)25-17-7-8-19(18(23)15-17)26-12-4-3-5-13-26/h6-9,14-15H,3-5,10-13H2,1-2H3,(H2,24,25,27). The highest BCUT2D eigenvalue weighted by Gasteiger charge is 2.14. The molecule has 0 aliphatic carbocycles. The van der Waals surface area contributed by atoms with E-state index in [1.807, 2.05) is 30.3 Å². The van der Waals surface area contributed by atoms with Crippen LogP contribution in [0.3, 0.4) is 0 Å². The fourth-order valence-corrected chi connectivity index (χ4v) is 3.81. The van der Waals surface area contributed by atoms with E-state index in [1.54, 1.807) is 20.3 Å². The van der Waals surface area contributed by atoms with Crippen molar-refractivity contribution >= 4 is 29.0 Å². The van der Waals surface area contributed by atoms with Crippen molar-refractivity contribution in [2.75, 3.05) is 44.1 Å². The first-order chi connectivity index (χ1) is 14.1. The highest BCUT2D eigenvalue weighted by molar-refractivity contribution is 6.33. The lowest BCUT2D eigenvalue weighted by Gasteiger charge is -2.29. The Kier molecular flexibility index (Phi) is 7.47. The number of urea groups is 1. The molecule has 2 aromatic carbocycles. The van der Waals surface area contributed by atoms with E-state index >= 15 is 0 Å². The lowest BCUT2D eigenvalue weighted by atomic mass is 10.1. The summed E-state index contributed by atoms with van der Waals surface area (Å²) in [6, 6.07) is 11.2. The number of rotatable bonds is 7. The van der Waals surface area contributed by atoms with Gasteiger partial charge in [0.1, 0.15) is 0 Å². The maximum Gasteiger partial charge on any atom is 0.319 e. The Morgan fingerprint density at radius 1 is 1.03 bits per heavy atom. The molecule has 1 saturated heterocycles. The number of halogens is 1. The van der Waals surface area contributed by atoms with E-state index in [1.165, 1.54) is 19.3 Å². The van der Waals surface area contributed by atoms with Gasteiger partial charge in [0.05, 0.1) is 24.9 Å². The van der Waals surface area contributed by atoms with Crippen LogP contribution < -0.4 is 25.0 Å². The van der Waals surface area contributed by atoms with E-state index in [0.29, 0.717) is 35.2 Å². The monoisotopic (exact) mass is 417 g/mol. The third-order valence-corrected chi connectivity index (χ3v) is 5.35. The van der Waals surface area contributed by atoms with Gasteiger partial charge in [0.25, 0.3) is 0 Å². The minimum absolute atomic E-state index is 0.257. The molecule has 2 aromatic rings. The fraction of sp³-hybridized carbons (Fsp3) is 0.409. The van der Waals surface area contributed by atoms with Crippen LogP contribution in [0.5, 0.6) is 11.5 Å². The van der Waals surface area contributed by atoms with Crippen molar-refractivity contribution in [2.45, 2.75) is 25.7 Å². The zero-order valence-electron chi connectivity index (χ0n) is 17.0. The number of hydrogen-bond donors (Lipinski definition) is 2. The Morgan fingerprint density at radius 3 is 2.48 bits per heavy atom. The predicted octanol–water partition coefficient (Wildman–Crippen LogP) is 4.71. The molecule has 0 aromatic heterocycles. The second-order valence-corrected chi connectivity index (χ2v) is 7.44. The maximum atomic E-state index is 12.2. The molecule has 1 fully saturated rings. The van der Waals surface area contributed by atoms with Crippen molar-refractivity contribution in [1.29, 1.82) is 0 Å². The van der Waals surface area contributed by atoms with Crippen LogP contribution in [0, 0.1) is 0 Å². The van der Waals surface area contributed by atoms with Gasteiger partial charge >= 0.3 is 6.03 Å². The maximum absolute atomic E-state index is 12.2. The number of nitrogens with one attached hydrogen (secondary N) is 2. The van der Waals surface area contributed by atoms with Crippen molar-refractivity contribution < 1.29 is 14.3 Å². The Bertz CT molecular complexity index is 838. The van der Waals surface area contributed by atoms with Crippen LogP contribution in [0.1, 0.15) is 24.8 Å². The molecule has 1 aliphatic rings. The number of ether oxygens (including phenoxy) is 2. The van der Waals surface area contributed by atoms with Crippen molar-refractivity contribution in [3.05, 3.63) is 47.0 Å². The number of benzene rings is 2. The molecule has 2 N–H and O–H groups in total. The summed E-state index contributed by atoms with van der Waals surface area (Å²) >= 11 is 6.45. The largest absolute Gasteiger partial charge is 0.493 e. The lowest BCUT2D eigenvalue weighted by Crippen LogP contribution is -2.31. The summed E-state index contributed by atoms with van der Waals surface area (Å²) in [5, 5.41) is 6.37. The van der Waals surface area contributed by atoms with Crippen molar-refractivity contribution in [1.82, 2.24) is 5.32 Å². The SMILES string of the molecule is COc1ccc(CCNC(=O)Nc2ccc(N3CCCCC3)c(Cl)c2)cc1OC. The minimum atomic E-state index is -0.257. The quantitative estimate of drug-likeness (QED) is 0.684. The molecular weight excluding hydrogens is 390 g/mol. The number of carbonyl (C=O) groups excluding carboxylic acids is 1. The summed E-state index contributed by atoms with van der Waals surface area (Å²) in [6.45, 7) is 2.56. The molecule has 156 valence electrons. The molecule has 29 heavy (non-hydrogen) atoms. The summed E-state index contributed by atoms with van der Waals surface area (Å²) in [5.41, 5.74) is 2.77. The third-order valence-electron chi connectivity index (χ3n) is 5.05. The van der Waals surface area contributed by atoms with Crippen LogP contribution in [0.25, 0.3) is 0 Å². The second kappa shape index (κ2) is 10.3. The molecule has 1 aliphatic heterocycles. The first kappa shape index (κ1) is 21.1. The molecule has 0 spiro atoms. The van der Waals surface area contributed by atoms with Gasteiger partial charge < -0.3 is 25.0 Å². The number of nitrogens with zero attached hydrogens (tertiary/aromatic N) is 1. The van der Waals surface area contributed by atoms with Gasteiger partial charge in [-0.1, -0.05) is 17.7 Å². The molecule has 1 heterocycles. The van der Waals surface area contributed by atoms with E-state index in [2.05, 4.69) is 15.5 Å². The average molecular weight is 418 g/mol. The van der Waals surface area contributed by atoms with Crippen LogP contribution in [0.15, 0.2) is 36.4 Å². The van der Waals surface area contributed by atoms with E-state index in [-0.39, 0.29) is 6.03 Å². The normalized spacial score (nSPS) is 13.7. The Balaban J connectivity index is 1.50. The van der Waals surface area contributed by atoms with E-state index in [9.17, 15) is 4.79 Å². The topological polar surface area (TPSA) is 62.8 Å². The Morgan fingerprint density at radius 2 is 1.79 bits per heavy atom. The van der Waals surface area contributed by atoms with Gasteiger partial charge in [-0.25, -0.2) is 4.79 Å². The average Bonchev–Trinajstić information content (AvgIpc) is 2.74. The number of piperidine rings is 1. The number of anilines is 2. The van der Waals surface area contributed by atoms with Gasteiger partial charge in [-0.15, -0.1) is 0 Å². The van der Waals surface area contributed by atoms with Crippen LogP contribution in [0.2, 0.25) is 5.02 Å². The fourth-order valence-electron chi connectivity index (χ4n) is 3.51. The molecule has 0 saturated carbocycles. The zero-order chi connectivity index (χ0) is 20.6. The molecule has 0 atom stereocenters. The van der Waals surface area contributed by atoms with Gasteiger partial charge in [0, 0.05) is 25.3 Å². The van der Waals surface area contributed by atoms with E-state index < -0.39 is 0 Å². The molecule has 2 amide bonds. The van der Waals surface area contributed by atoms with Crippen molar-refractivity contribution in [3.8, 4) is 11.5 Å². The number of carbonyl (C=O) groups is 1. The van der Waals surface area contributed by atoms with E-state index in [4.69, 9.17) is 21.1 Å². The van der Waals surface area contributed by atoms with E-state index in [0.717, 1.165) is 24.3 Å². The molecular formula is C22H28ClN3O3.